The first-order valence-corrected chi connectivity index (χ1v) is 9.62. The molecule has 33 heavy (non-hydrogen) atoms. The van der Waals surface area contributed by atoms with Gasteiger partial charge in [0.1, 0.15) is 21.7 Å². The predicted molar refractivity (Wildman–Crippen MR) is 107 cm³/mol. The third kappa shape index (κ3) is 5.50. The normalized spacial score (nSPS) is 16.7. The van der Waals surface area contributed by atoms with E-state index in [1.165, 1.54) is 5.32 Å². The first-order chi connectivity index (χ1) is 15.2. The van der Waals surface area contributed by atoms with Crippen molar-refractivity contribution in [3.05, 3.63) is 53.3 Å². The Morgan fingerprint density at radius 1 is 0.939 bits per heavy atom. The Balaban J connectivity index is 1.82. The second-order valence-electron chi connectivity index (χ2n) is 6.89. The van der Waals surface area contributed by atoms with E-state index in [0.29, 0.717) is 12.1 Å². The van der Waals surface area contributed by atoms with Crippen LogP contribution < -0.4 is 16.0 Å². The third-order valence-electron chi connectivity index (χ3n) is 4.46. The molecule has 1 aliphatic rings. The maximum absolute atomic E-state index is 14.5. The van der Waals surface area contributed by atoms with Gasteiger partial charge in [0.2, 0.25) is 5.91 Å². The summed E-state index contributed by atoms with van der Waals surface area (Å²) in [5, 5.41) is 5.25. The van der Waals surface area contributed by atoms with Crippen LogP contribution in [0.15, 0.2) is 30.3 Å². The van der Waals surface area contributed by atoms with Crippen molar-refractivity contribution in [2.24, 2.45) is 5.92 Å². The first kappa shape index (κ1) is 24.6. The Kier molecular flexibility index (Phi) is 6.53. The molecule has 1 fully saturated rings. The monoisotopic (exact) mass is 513 g/mol. The van der Waals surface area contributed by atoms with Crippen LogP contribution in [0.25, 0.3) is 0 Å². The summed E-state index contributed by atoms with van der Waals surface area (Å²) in [4.78, 5) is 35.5. The van der Waals surface area contributed by atoms with Gasteiger partial charge < -0.3 is 16.0 Å². The second kappa shape index (κ2) is 8.75. The Morgan fingerprint density at radius 2 is 1.55 bits per heavy atom. The number of hydrogen-bond donors (Lipinski definition) is 3. The molecule has 1 atom stereocenters. The largest absolute Gasteiger partial charge is 0.471 e. The highest BCUT2D eigenvalue weighted by molar-refractivity contribution is 6.52. The molecule has 0 spiro atoms. The van der Waals surface area contributed by atoms with E-state index in [-0.39, 0.29) is 12.1 Å². The number of nitrogens with one attached hydrogen (secondary N) is 3. The maximum Gasteiger partial charge on any atom is 0.471 e. The van der Waals surface area contributed by atoms with Gasteiger partial charge in [-0.25, -0.2) is 13.2 Å². The van der Waals surface area contributed by atoms with E-state index >= 15 is 0 Å². The zero-order valence-corrected chi connectivity index (χ0v) is 17.4. The highest BCUT2D eigenvalue weighted by Crippen LogP contribution is 2.53. The van der Waals surface area contributed by atoms with E-state index in [2.05, 4.69) is 5.32 Å². The van der Waals surface area contributed by atoms with E-state index in [0.717, 1.165) is 18.2 Å². The highest BCUT2D eigenvalue weighted by atomic mass is 35.5. The average Bonchev–Trinajstić information content (AvgIpc) is 3.36. The van der Waals surface area contributed by atoms with Gasteiger partial charge in [0.05, 0.1) is 17.2 Å². The van der Waals surface area contributed by atoms with Crippen LogP contribution in [0.4, 0.5) is 43.4 Å². The van der Waals surface area contributed by atoms with E-state index in [4.69, 9.17) is 23.2 Å². The Labute approximate surface area is 191 Å². The van der Waals surface area contributed by atoms with E-state index < -0.39 is 68.5 Å². The molecule has 0 unspecified atom stereocenters. The zero-order chi connectivity index (χ0) is 24.7. The minimum Gasteiger partial charge on any atom is -0.326 e. The SMILES string of the molecule is O=C(Nc1c(F)ccc(NC(=O)C(F)(F)F)c1F)c1cc(NC(=O)[C@H]2CC2(Cl)Cl)ccc1F. The summed E-state index contributed by atoms with van der Waals surface area (Å²) in [6.45, 7) is 0. The number of carbonyl (C=O) groups is 3. The van der Waals surface area contributed by atoms with Gasteiger partial charge in [-0.2, -0.15) is 13.2 Å². The highest BCUT2D eigenvalue weighted by Gasteiger charge is 2.56. The quantitative estimate of drug-likeness (QED) is 0.388. The number of anilines is 3. The third-order valence-corrected chi connectivity index (χ3v) is 5.29. The van der Waals surface area contributed by atoms with E-state index in [1.54, 1.807) is 5.32 Å². The van der Waals surface area contributed by atoms with Gasteiger partial charge in [-0.1, -0.05) is 0 Å². The molecule has 0 bridgehead atoms. The predicted octanol–water partition coefficient (Wildman–Crippen LogP) is 4.99. The van der Waals surface area contributed by atoms with Crippen molar-refractivity contribution >= 4 is 58.0 Å². The molecule has 3 N–H and O–H groups in total. The van der Waals surface area contributed by atoms with Crippen LogP contribution in [0, 0.1) is 23.4 Å². The molecular weight excluding hydrogens is 503 g/mol. The van der Waals surface area contributed by atoms with Crippen LogP contribution in [0.1, 0.15) is 16.8 Å². The summed E-state index contributed by atoms with van der Waals surface area (Å²) >= 11 is 11.6. The lowest BCUT2D eigenvalue weighted by molar-refractivity contribution is -0.167. The van der Waals surface area contributed by atoms with Crippen molar-refractivity contribution in [2.75, 3.05) is 16.0 Å². The molecule has 14 heteroatoms. The fraction of sp³-hybridized carbons (Fsp3) is 0.211. The van der Waals surface area contributed by atoms with Crippen molar-refractivity contribution < 1.29 is 40.7 Å². The molecular formula is C19H11Cl2F6N3O3. The van der Waals surface area contributed by atoms with Crippen LogP contribution >= 0.6 is 23.2 Å². The van der Waals surface area contributed by atoms with Crippen molar-refractivity contribution in [2.45, 2.75) is 16.9 Å². The van der Waals surface area contributed by atoms with Crippen LogP contribution in [0.2, 0.25) is 0 Å². The lowest BCUT2D eigenvalue weighted by Crippen LogP contribution is -2.30. The van der Waals surface area contributed by atoms with Crippen LogP contribution in [-0.2, 0) is 9.59 Å². The van der Waals surface area contributed by atoms with Gasteiger partial charge in [-0.3, -0.25) is 14.4 Å². The molecule has 176 valence electrons. The minimum absolute atomic E-state index is 0.0604. The topological polar surface area (TPSA) is 87.3 Å². The van der Waals surface area contributed by atoms with Gasteiger partial charge >= 0.3 is 12.1 Å². The Bertz CT molecular complexity index is 1160. The molecule has 0 aromatic heterocycles. The number of rotatable bonds is 5. The summed E-state index contributed by atoms with van der Waals surface area (Å²) in [7, 11) is 0. The van der Waals surface area contributed by atoms with Crippen molar-refractivity contribution in [1.82, 2.24) is 0 Å². The Morgan fingerprint density at radius 3 is 2.12 bits per heavy atom. The molecule has 2 aromatic carbocycles. The first-order valence-electron chi connectivity index (χ1n) is 8.86. The number of carbonyl (C=O) groups excluding carboxylic acids is 3. The number of halogens is 8. The zero-order valence-electron chi connectivity index (χ0n) is 15.9. The maximum atomic E-state index is 14.5. The van der Waals surface area contributed by atoms with E-state index in [1.807, 2.05) is 0 Å². The fourth-order valence-electron chi connectivity index (χ4n) is 2.64. The fourth-order valence-corrected chi connectivity index (χ4v) is 3.15. The van der Waals surface area contributed by atoms with Gasteiger partial charge in [0.15, 0.2) is 5.82 Å². The minimum atomic E-state index is -5.36. The van der Waals surface area contributed by atoms with Gasteiger partial charge in [-0.05, 0) is 36.8 Å². The van der Waals surface area contributed by atoms with Crippen molar-refractivity contribution in [1.29, 1.82) is 0 Å². The van der Waals surface area contributed by atoms with Gasteiger partial charge in [-0.15, -0.1) is 23.2 Å². The molecule has 3 rings (SSSR count). The Hall–Kier alpha value is -2.99. The summed E-state index contributed by atoms with van der Waals surface area (Å²) in [6, 6.07) is 3.74. The molecule has 2 aromatic rings. The molecule has 0 saturated heterocycles. The second-order valence-corrected chi connectivity index (χ2v) is 8.43. The smallest absolute Gasteiger partial charge is 0.326 e. The molecule has 0 aliphatic heterocycles. The number of benzene rings is 2. The van der Waals surface area contributed by atoms with Gasteiger partial charge in [0, 0.05) is 5.69 Å². The number of hydrogen-bond acceptors (Lipinski definition) is 3. The van der Waals surface area contributed by atoms with Gasteiger partial charge in [0.25, 0.3) is 5.91 Å². The van der Waals surface area contributed by atoms with Crippen molar-refractivity contribution in [3.8, 4) is 0 Å². The molecule has 0 heterocycles. The average molecular weight is 514 g/mol. The molecule has 3 amide bonds. The van der Waals surface area contributed by atoms with Crippen LogP contribution in [0.3, 0.4) is 0 Å². The number of amides is 3. The number of alkyl halides is 5. The summed E-state index contributed by atoms with van der Waals surface area (Å²) in [6.07, 6.45) is -5.18. The summed E-state index contributed by atoms with van der Waals surface area (Å²) in [5.41, 5.74) is -3.13. The molecule has 1 saturated carbocycles. The van der Waals surface area contributed by atoms with E-state index in [9.17, 15) is 40.7 Å². The van der Waals surface area contributed by atoms with Crippen molar-refractivity contribution in [3.63, 3.8) is 0 Å². The lowest BCUT2D eigenvalue weighted by Gasteiger charge is -2.14. The summed E-state index contributed by atoms with van der Waals surface area (Å²) in [5.74, 6) is -9.55. The lowest BCUT2D eigenvalue weighted by atomic mass is 10.1. The molecule has 1 aliphatic carbocycles. The standard InChI is InChI=1S/C19H11Cl2F6N3O3/c20-18(21)6-9(18)16(32)28-7-1-2-10(22)8(5-7)15(31)30-14-11(23)3-4-12(13(14)24)29-17(33)19(25,26)27/h1-5,9H,6H2,(H,28,32)(H,29,33)(H,30,31)/t9-/m1/s1. The van der Waals surface area contributed by atoms with Crippen LogP contribution in [0.5, 0.6) is 0 Å². The molecule has 0 radical (unpaired) electrons. The summed E-state index contributed by atoms with van der Waals surface area (Å²) < 4.78 is 78.6. The molecule has 6 nitrogen and oxygen atoms in total. The van der Waals surface area contributed by atoms with Crippen LogP contribution in [-0.4, -0.2) is 28.2 Å².